The van der Waals surface area contributed by atoms with E-state index < -0.39 is 0 Å². The summed E-state index contributed by atoms with van der Waals surface area (Å²) in [5.41, 5.74) is 0.00198. The van der Waals surface area contributed by atoms with E-state index in [0.717, 1.165) is 25.3 Å². The lowest BCUT2D eigenvalue weighted by Crippen LogP contribution is -2.41. The van der Waals surface area contributed by atoms with Gasteiger partial charge in [-0.15, -0.1) is 0 Å². The first-order valence-electron chi connectivity index (χ1n) is 9.43. The molecule has 1 aromatic carbocycles. The Morgan fingerprint density at radius 2 is 1.85 bits per heavy atom. The smallest absolute Gasteiger partial charge is 0.263 e. The van der Waals surface area contributed by atoms with Crippen molar-refractivity contribution in [2.75, 3.05) is 32.8 Å². The number of para-hydroxylation sites is 1. The van der Waals surface area contributed by atoms with E-state index in [0.29, 0.717) is 19.7 Å². The predicted molar refractivity (Wildman–Crippen MR) is 105 cm³/mol. The Labute approximate surface area is 160 Å². The van der Waals surface area contributed by atoms with Crippen LogP contribution in [0.5, 0.6) is 5.75 Å². The Bertz CT molecular complexity index is 819. The number of carbonyl (C=O) groups excluding carboxylic acids is 1. The minimum Gasteiger partial charge on any atom is -0.492 e. The molecule has 0 saturated carbocycles. The van der Waals surface area contributed by atoms with E-state index in [9.17, 15) is 9.59 Å². The fourth-order valence-corrected chi connectivity index (χ4v) is 3.35. The van der Waals surface area contributed by atoms with Gasteiger partial charge in [-0.2, -0.15) is 0 Å². The van der Waals surface area contributed by atoms with Crippen molar-refractivity contribution in [3.8, 4) is 5.75 Å². The molecule has 1 fully saturated rings. The Balaban J connectivity index is 1.57. The number of aromatic nitrogens is 1. The largest absolute Gasteiger partial charge is 0.492 e. The van der Waals surface area contributed by atoms with Crippen LogP contribution in [-0.4, -0.2) is 59.1 Å². The van der Waals surface area contributed by atoms with Crippen molar-refractivity contribution in [2.24, 2.45) is 7.05 Å². The maximum atomic E-state index is 12.8. The topological polar surface area (TPSA) is 54.8 Å². The van der Waals surface area contributed by atoms with Gasteiger partial charge < -0.3 is 14.2 Å². The minimum absolute atomic E-state index is 0.175. The van der Waals surface area contributed by atoms with Crippen LogP contribution in [0.15, 0.2) is 53.5 Å². The molecule has 2 heterocycles. The zero-order valence-corrected chi connectivity index (χ0v) is 16.0. The zero-order valence-electron chi connectivity index (χ0n) is 16.0. The summed E-state index contributed by atoms with van der Waals surface area (Å²) in [4.78, 5) is 29.1. The summed E-state index contributed by atoms with van der Waals surface area (Å²) in [6.07, 6.45) is 2.55. The second-order valence-electron chi connectivity index (χ2n) is 6.99. The second-order valence-corrected chi connectivity index (χ2v) is 6.99. The number of hydrogen-bond acceptors (Lipinski definition) is 4. The summed E-state index contributed by atoms with van der Waals surface area (Å²) in [5, 5.41) is 0. The van der Waals surface area contributed by atoms with Crippen LogP contribution in [0.2, 0.25) is 0 Å². The molecule has 2 aromatic rings. The van der Waals surface area contributed by atoms with Crippen molar-refractivity contribution in [1.29, 1.82) is 0 Å². The van der Waals surface area contributed by atoms with Crippen molar-refractivity contribution in [3.05, 3.63) is 64.6 Å². The molecule has 0 N–H and O–H groups in total. The summed E-state index contributed by atoms with van der Waals surface area (Å²) in [6.45, 7) is 5.73. The molecular weight excluding hydrogens is 342 g/mol. The highest BCUT2D eigenvalue weighted by Crippen LogP contribution is 2.13. The average Bonchev–Trinajstić information content (AvgIpc) is 2.95. The van der Waals surface area contributed by atoms with E-state index >= 15 is 0 Å². The summed E-state index contributed by atoms with van der Waals surface area (Å²) in [7, 11) is 1.66. The Morgan fingerprint density at radius 3 is 2.63 bits per heavy atom. The molecule has 1 aliphatic rings. The molecule has 0 aliphatic carbocycles. The molecule has 1 aromatic heterocycles. The van der Waals surface area contributed by atoms with Gasteiger partial charge in [-0.05, 0) is 37.6 Å². The van der Waals surface area contributed by atoms with Crippen LogP contribution in [0.4, 0.5) is 0 Å². The molecule has 0 spiro atoms. The van der Waals surface area contributed by atoms with Crippen LogP contribution in [-0.2, 0) is 7.05 Å². The van der Waals surface area contributed by atoms with Gasteiger partial charge in [0.25, 0.3) is 11.5 Å². The SMILES string of the molecule is CC(COc1ccccc1)N1CCCN(C(=O)c2cccn(C)c2=O)CC1. The standard InChI is InChI=1S/C21H27N3O3/c1-17(16-27-18-8-4-3-5-9-18)23-12-7-13-24(15-14-23)21(26)19-10-6-11-22(2)20(19)25/h3-6,8-11,17H,7,12-16H2,1-2H3. The highest BCUT2D eigenvalue weighted by Gasteiger charge is 2.24. The predicted octanol–water partition coefficient (Wildman–Crippen LogP) is 2.00. The maximum absolute atomic E-state index is 12.8. The second kappa shape index (κ2) is 8.86. The van der Waals surface area contributed by atoms with Crippen LogP contribution >= 0.6 is 0 Å². The maximum Gasteiger partial charge on any atom is 0.263 e. The first-order valence-corrected chi connectivity index (χ1v) is 9.43. The molecule has 6 heteroatoms. The van der Waals surface area contributed by atoms with Crippen LogP contribution in [0.3, 0.4) is 0 Å². The highest BCUT2D eigenvalue weighted by atomic mass is 16.5. The molecular formula is C21H27N3O3. The fourth-order valence-electron chi connectivity index (χ4n) is 3.35. The van der Waals surface area contributed by atoms with E-state index in [1.807, 2.05) is 30.3 Å². The van der Waals surface area contributed by atoms with Crippen LogP contribution in [0.25, 0.3) is 0 Å². The van der Waals surface area contributed by atoms with Gasteiger partial charge in [0.05, 0.1) is 0 Å². The van der Waals surface area contributed by atoms with Crippen molar-refractivity contribution < 1.29 is 9.53 Å². The lowest BCUT2D eigenvalue weighted by Gasteiger charge is -2.27. The van der Waals surface area contributed by atoms with E-state index in [1.165, 1.54) is 4.57 Å². The van der Waals surface area contributed by atoms with Crippen molar-refractivity contribution in [1.82, 2.24) is 14.4 Å². The van der Waals surface area contributed by atoms with Crippen LogP contribution in [0.1, 0.15) is 23.7 Å². The van der Waals surface area contributed by atoms with E-state index in [4.69, 9.17) is 4.74 Å². The number of rotatable bonds is 5. The van der Waals surface area contributed by atoms with Gasteiger partial charge in [-0.3, -0.25) is 14.5 Å². The quantitative estimate of drug-likeness (QED) is 0.809. The van der Waals surface area contributed by atoms with E-state index in [1.54, 1.807) is 30.3 Å². The van der Waals surface area contributed by atoms with Crippen molar-refractivity contribution >= 4 is 5.91 Å². The number of nitrogens with zero attached hydrogens (tertiary/aromatic N) is 3. The van der Waals surface area contributed by atoms with Crippen molar-refractivity contribution in [2.45, 2.75) is 19.4 Å². The molecule has 144 valence electrons. The number of carbonyl (C=O) groups is 1. The first kappa shape index (κ1) is 19.2. The lowest BCUT2D eigenvalue weighted by molar-refractivity contribution is 0.0753. The molecule has 1 saturated heterocycles. The molecule has 6 nitrogen and oxygen atoms in total. The van der Waals surface area contributed by atoms with Gasteiger partial charge in [-0.1, -0.05) is 18.2 Å². The minimum atomic E-state index is -0.242. The van der Waals surface area contributed by atoms with Gasteiger partial charge in [0.15, 0.2) is 0 Å². The third-order valence-electron chi connectivity index (χ3n) is 5.03. The van der Waals surface area contributed by atoms with Gasteiger partial charge in [0, 0.05) is 45.5 Å². The third-order valence-corrected chi connectivity index (χ3v) is 5.03. The van der Waals surface area contributed by atoms with Gasteiger partial charge in [-0.25, -0.2) is 0 Å². The number of pyridine rings is 1. The van der Waals surface area contributed by atoms with Gasteiger partial charge in [0.1, 0.15) is 17.9 Å². The Kier molecular flexibility index (Phi) is 6.29. The summed E-state index contributed by atoms with van der Waals surface area (Å²) in [5.74, 6) is 0.696. The Hall–Kier alpha value is -2.60. The molecule has 1 unspecified atom stereocenters. The third kappa shape index (κ3) is 4.77. The monoisotopic (exact) mass is 369 g/mol. The molecule has 27 heavy (non-hydrogen) atoms. The molecule has 0 radical (unpaired) electrons. The summed E-state index contributed by atoms with van der Waals surface area (Å²) >= 11 is 0. The van der Waals surface area contributed by atoms with Gasteiger partial charge >= 0.3 is 0 Å². The summed E-state index contributed by atoms with van der Waals surface area (Å²) in [6, 6.07) is 13.4. The van der Waals surface area contributed by atoms with Crippen LogP contribution < -0.4 is 10.3 Å². The number of hydrogen-bond donors (Lipinski definition) is 0. The number of benzene rings is 1. The first-order chi connectivity index (χ1) is 13.1. The van der Waals surface area contributed by atoms with Gasteiger partial charge in [0.2, 0.25) is 0 Å². The van der Waals surface area contributed by atoms with Crippen LogP contribution in [0, 0.1) is 0 Å². The molecule has 1 aliphatic heterocycles. The highest BCUT2D eigenvalue weighted by molar-refractivity contribution is 5.93. The van der Waals surface area contributed by atoms with Crippen molar-refractivity contribution in [3.63, 3.8) is 0 Å². The van der Waals surface area contributed by atoms with E-state index in [-0.39, 0.29) is 23.1 Å². The molecule has 1 amide bonds. The molecule has 3 rings (SSSR count). The zero-order chi connectivity index (χ0) is 19.2. The number of ether oxygens (including phenoxy) is 1. The lowest BCUT2D eigenvalue weighted by atomic mass is 10.2. The normalized spacial score (nSPS) is 16.6. The Morgan fingerprint density at radius 1 is 1.07 bits per heavy atom. The number of amides is 1. The molecule has 1 atom stereocenters. The number of aryl methyl sites for hydroxylation is 1. The molecule has 0 bridgehead atoms. The summed E-state index contributed by atoms with van der Waals surface area (Å²) < 4.78 is 7.31. The fraction of sp³-hybridized carbons (Fsp3) is 0.429. The van der Waals surface area contributed by atoms with E-state index in [2.05, 4.69) is 11.8 Å². The average molecular weight is 369 g/mol.